The molecule has 1 heterocycles. The molecule has 84 valence electrons. The van der Waals surface area contributed by atoms with Crippen molar-refractivity contribution in [2.45, 2.75) is 25.7 Å². The van der Waals surface area contributed by atoms with Gasteiger partial charge in [0.2, 0.25) is 0 Å². The molecule has 0 saturated heterocycles. The Labute approximate surface area is 101 Å². The summed E-state index contributed by atoms with van der Waals surface area (Å²) < 4.78 is 5.72. The first-order chi connectivity index (χ1) is 7.81. The van der Waals surface area contributed by atoms with Gasteiger partial charge in [0.1, 0.15) is 11.3 Å². The van der Waals surface area contributed by atoms with Crippen LogP contribution < -0.4 is 0 Å². The molecule has 1 aromatic heterocycles. The van der Waals surface area contributed by atoms with Crippen LogP contribution in [0.1, 0.15) is 25.0 Å². The Morgan fingerprint density at radius 2 is 2.19 bits per heavy atom. The normalized spacial score (nSPS) is 10.8. The van der Waals surface area contributed by atoms with Gasteiger partial charge in [-0.05, 0) is 37.5 Å². The number of fused-ring (bicyclic) bond motifs is 1. The Bertz CT molecular complexity index is 484. The van der Waals surface area contributed by atoms with Crippen LogP contribution in [0.5, 0.6) is 0 Å². The van der Waals surface area contributed by atoms with Crippen molar-refractivity contribution >= 4 is 22.6 Å². The van der Waals surface area contributed by atoms with Crippen molar-refractivity contribution in [2.24, 2.45) is 0 Å². The van der Waals surface area contributed by atoms with Crippen LogP contribution >= 0.6 is 11.6 Å². The van der Waals surface area contributed by atoms with Gasteiger partial charge in [0, 0.05) is 11.8 Å². The van der Waals surface area contributed by atoms with E-state index in [0.29, 0.717) is 0 Å². The summed E-state index contributed by atoms with van der Waals surface area (Å²) in [6, 6.07) is 7.80. The van der Waals surface area contributed by atoms with E-state index >= 15 is 0 Å². The van der Waals surface area contributed by atoms with Crippen LogP contribution in [0.25, 0.3) is 11.0 Å². The van der Waals surface area contributed by atoms with E-state index < -0.39 is 0 Å². The standard InChI is InChI=1S/C14H15ClO/c1-2-3-4-5-7-11-10-12-13(15)8-6-9-14(12)16-11/h2,6,8-10H,1,3-5,7H2. The molecule has 0 aliphatic carbocycles. The number of unbranched alkanes of at least 4 members (excludes halogenated alkanes) is 2. The maximum absolute atomic E-state index is 6.08. The summed E-state index contributed by atoms with van der Waals surface area (Å²) in [5, 5.41) is 1.78. The van der Waals surface area contributed by atoms with E-state index in [9.17, 15) is 0 Å². The molecule has 1 nitrogen and oxygen atoms in total. The van der Waals surface area contributed by atoms with Crippen LogP contribution in [0.15, 0.2) is 41.3 Å². The predicted octanol–water partition coefficient (Wildman–Crippen LogP) is 4.99. The molecule has 0 amide bonds. The highest BCUT2D eigenvalue weighted by molar-refractivity contribution is 6.35. The first-order valence-electron chi connectivity index (χ1n) is 5.59. The first kappa shape index (κ1) is 11.3. The second-order valence-corrected chi connectivity index (χ2v) is 4.31. The van der Waals surface area contributed by atoms with E-state index in [2.05, 4.69) is 6.58 Å². The molecule has 0 atom stereocenters. The van der Waals surface area contributed by atoms with E-state index in [1.165, 1.54) is 0 Å². The minimum Gasteiger partial charge on any atom is -0.461 e. The molecule has 0 fully saturated rings. The summed E-state index contributed by atoms with van der Waals surface area (Å²) in [6.07, 6.45) is 6.28. The molecule has 2 aromatic rings. The van der Waals surface area contributed by atoms with Gasteiger partial charge in [-0.15, -0.1) is 6.58 Å². The summed E-state index contributed by atoms with van der Waals surface area (Å²) in [5.74, 6) is 1.02. The summed E-state index contributed by atoms with van der Waals surface area (Å²) in [5.41, 5.74) is 0.881. The van der Waals surface area contributed by atoms with Crippen LogP contribution in [0.4, 0.5) is 0 Å². The van der Waals surface area contributed by atoms with Gasteiger partial charge in [0.25, 0.3) is 0 Å². The van der Waals surface area contributed by atoms with Crippen molar-refractivity contribution in [3.05, 3.63) is 47.7 Å². The van der Waals surface area contributed by atoms with E-state index in [0.717, 1.165) is 47.4 Å². The molecule has 0 aliphatic rings. The van der Waals surface area contributed by atoms with Crippen LogP contribution in [0.3, 0.4) is 0 Å². The molecule has 0 saturated carbocycles. The highest BCUT2D eigenvalue weighted by Gasteiger charge is 2.05. The maximum atomic E-state index is 6.08. The lowest BCUT2D eigenvalue weighted by Crippen LogP contribution is -1.80. The molecule has 0 bridgehead atoms. The molecule has 2 heteroatoms. The molecule has 0 radical (unpaired) electrons. The zero-order chi connectivity index (χ0) is 11.4. The number of benzene rings is 1. The molecular formula is C14H15ClO. The minimum atomic E-state index is 0.763. The van der Waals surface area contributed by atoms with Crippen molar-refractivity contribution in [1.82, 2.24) is 0 Å². The fraction of sp³-hybridized carbons (Fsp3) is 0.286. The number of halogens is 1. The SMILES string of the molecule is C=CCCCCc1cc2c(Cl)cccc2o1. The molecule has 0 N–H and O–H groups in total. The fourth-order valence-electron chi connectivity index (χ4n) is 1.79. The Kier molecular flexibility index (Phi) is 3.68. The highest BCUT2D eigenvalue weighted by atomic mass is 35.5. The van der Waals surface area contributed by atoms with Gasteiger partial charge in [0.05, 0.1) is 5.02 Å². The van der Waals surface area contributed by atoms with Gasteiger partial charge in [-0.1, -0.05) is 23.7 Å². The van der Waals surface area contributed by atoms with Gasteiger partial charge in [-0.3, -0.25) is 0 Å². The lowest BCUT2D eigenvalue weighted by molar-refractivity contribution is 0.533. The summed E-state index contributed by atoms with van der Waals surface area (Å²) in [6.45, 7) is 3.71. The molecule has 2 rings (SSSR count). The van der Waals surface area contributed by atoms with E-state index in [4.69, 9.17) is 16.0 Å². The smallest absolute Gasteiger partial charge is 0.135 e. The number of hydrogen-bond donors (Lipinski definition) is 0. The van der Waals surface area contributed by atoms with E-state index in [1.54, 1.807) is 0 Å². The van der Waals surface area contributed by atoms with Crippen LogP contribution in [0, 0.1) is 0 Å². The highest BCUT2D eigenvalue weighted by Crippen LogP contribution is 2.27. The van der Waals surface area contributed by atoms with Gasteiger partial charge in [0.15, 0.2) is 0 Å². The number of rotatable bonds is 5. The summed E-state index contributed by atoms with van der Waals surface area (Å²) >= 11 is 6.08. The van der Waals surface area contributed by atoms with E-state index in [-0.39, 0.29) is 0 Å². The van der Waals surface area contributed by atoms with Crippen molar-refractivity contribution in [2.75, 3.05) is 0 Å². The van der Waals surface area contributed by atoms with Crippen molar-refractivity contribution in [3.8, 4) is 0 Å². The topological polar surface area (TPSA) is 13.1 Å². The zero-order valence-electron chi connectivity index (χ0n) is 9.21. The van der Waals surface area contributed by atoms with Crippen molar-refractivity contribution < 1.29 is 4.42 Å². The Hall–Kier alpha value is -1.21. The monoisotopic (exact) mass is 234 g/mol. The predicted molar refractivity (Wildman–Crippen MR) is 69.0 cm³/mol. The third kappa shape index (κ3) is 2.48. The van der Waals surface area contributed by atoms with Gasteiger partial charge >= 0.3 is 0 Å². The first-order valence-corrected chi connectivity index (χ1v) is 5.97. The van der Waals surface area contributed by atoms with Gasteiger partial charge in [-0.2, -0.15) is 0 Å². The average Bonchev–Trinajstić information content (AvgIpc) is 2.69. The molecule has 0 unspecified atom stereocenters. The number of hydrogen-bond acceptors (Lipinski definition) is 1. The fourth-order valence-corrected chi connectivity index (χ4v) is 2.01. The molecule has 0 aliphatic heterocycles. The average molecular weight is 235 g/mol. The second-order valence-electron chi connectivity index (χ2n) is 3.90. The van der Waals surface area contributed by atoms with Gasteiger partial charge in [-0.25, -0.2) is 0 Å². The van der Waals surface area contributed by atoms with E-state index in [1.807, 2.05) is 30.3 Å². The second kappa shape index (κ2) is 5.22. The Morgan fingerprint density at radius 3 is 2.94 bits per heavy atom. The summed E-state index contributed by atoms with van der Waals surface area (Å²) in [4.78, 5) is 0. The third-order valence-corrected chi connectivity index (χ3v) is 2.97. The largest absolute Gasteiger partial charge is 0.461 e. The summed E-state index contributed by atoms with van der Waals surface area (Å²) in [7, 11) is 0. The van der Waals surface area contributed by atoms with Crippen molar-refractivity contribution in [1.29, 1.82) is 0 Å². The molecule has 1 aromatic carbocycles. The Balaban J connectivity index is 2.08. The van der Waals surface area contributed by atoms with Crippen molar-refractivity contribution in [3.63, 3.8) is 0 Å². The third-order valence-electron chi connectivity index (χ3n) is 2.64. The van der Waals surface area contributed by atoms with Crippen LogP contribution in [-0.2, 0) is 6.42 Å². The van der Waals surface area contributed by atoms with Crippen LogP contribution in [0.2, 0.25) is 5.02 Å². The quantitative estimate of drug-likeness (QED) is 0.525. The molecule has 16 heavy (non-hydrogen) atoms. The number of aryl methyl sites for hydroxylation is 1. The number of allylic oxidation sites excluding steroid dienone is 1. The molecule has 0 spiro atoms. The minimum absolute atomic E-state index is 0.763. The number of furan rings is 1. The molecular weight excluding hydrogens is 220 g/mol. The lowest BCUT2D eigenvalue weighted by atomic mass is 10.1. The maximum Gasteiger partial charge on any atom is 0.135 e. The zero-order valence-corrected chi connectivity index (χ0v) is 9.96. The van der Waals surface area contributed by atoms with Crippen LogP contribution in [-0.4, -0.2) is 0 Å². The lowest BCUT2D eigenvalue weighted by Gasteiger charge is -1.94. The van der Waals surface area contributed by atoms with Gasteiger partial charge < -0.3 is 4.42 Å². The Morgan fingerprint density at radius 1 is 1.31 bits per heavy atom.